The Morgan fingerprint density at radius 2 is 1.67 bits per heavy atom. The van der Waals surface area contributed by atoms with Crippen LogP contribution in [0, 0.1) is 5.92 Å². The van der Waals surface area contributed by atoms with Crippen LogP contribution in [-0.2, 0) is 12.8 Å². The van der Waals surface area contributed by atoms with E-state index in [0.29, 0.717) is 5.92 Å². The molecule has 1 aliphatic carbocycles. The van der Waals surface area contributed by atoms with Gasteiger partial charge in [-0.25, -0.2) is 0 Å². The zero-order chi connectivity index (χ0) is 14.8. The number of nitrogens with two attached hydrogens (primary N) is 1. The van der Waals surface area contributed by atoms with Gasteiger partial charge in [0.25, 0.3) is 0 Å². The van der Waals surface area contributed by atoms with Crippen LogP contribution in [0.15, 0.2) is 42.5 Å². The van der Waals surface area contributed by atoms with Gasteiger partial charge in [0.05, 0.1) is 14.2 Å². The van der Waals surface area contributed by atoms with Crippen LogP contribution in [-0.4, -0.2) is 14.2 Å². The molecule has 21 heavy (non-hydrogen) atoms. The molecule has 0 bridgehead atoms. The lowest BCUT2D eigenvalue weighted by Crippen LogP contribution is -2.22. The summed E-state index contributed by atoms with van der Waals surface area (Å²) in [5.41, 5.74) is 10.4. The van der Waals surface area contributed by atoms with E-state index in [9.17, 15) is 0 Å². The minimum absolute atomic E-state index is 0.0294. The second kappa shape index (κ2) is 5.78. The van der Waals surface area contributed by atoms with Crippen LogP contribution in [0.3, 0.4) is 0 Å². The summed E-state index contributed by atoms with van der Waals surface area (Å²) < 4.78 is 10.7. The predicted octanol–water partition coefficient (Wildman–Crippen LogP) is 3.12. The Morgan fingerprint density at radius 1 is 1.00 bits per heavy atom. The maximum Gasteiger partial charge on any atom is 0.127 e. The zero-order valence-corrected chi connectivity index (χ0v) is 12.5. The van der Waals surface area contributed by atoms with Gasteiger partial charge in [-0.05, 0) is 36.0 Å². The molecular formula is C18H21NO2. The second-order valence-electron chi connectivity index (χ2n) is 5.57. The van der Waals surface area contributed by atoms with Crippen molar-refractivity contribution in [2.75, 3.05) is 14.2 Å². The molecule has 3 nitrogen and oxygen atoms in total. The van der Waals surface area contributed by atoms with E-state index in [4.69, 9.17) is 15.2 Å². The average Bonchev–Trinajstić information content (AvgIpc) is 2.97. The van der Waals surface area contributed by atoms with Gasteiger partial charge < -0.3 is 15.2 Å². The summed E-state index contributed by atoms with van der Waals surface area (Å²) in [7, 11) is 3.33. The predicted molar refractivity (Wildman–Crippen MR) is 83.8 cm³/mol. The van der Waals surface area contributed by atoms with Crippen molar-refractivity contribution in [3.8, 4) is 11.5 Å². The Kier molecular flexibility index (Phi) is 3.84. The van der Waals surface area contributed by atoms with Gasteiger partial charge in [-0.3, -0.25) is 0 Å². The van der Waals surface area contributed by atoms with Crippen LogP contribution in [0.4, 0.5) is 0 Å². The van der Waals surface area contributed by atoms with Crippen molar-refractivity contribution >= 4 is 0 Å². The van der Waals surface area contributed by atoms with Gasteiger partial charge >= 0.3 is 0 Å². The van der Waals surface area contributed by atoms with Gasteiger partial charge in [-0.15, -0.1) is 0 Å². The molecule has 0 saturated carbocycles. The summed E-state index contributed by atoms with van der Waals surface area (Å²) in [5, 5.41) is 0. The molecule has 0 aliphatic heterocycles. The van der Waals surface area contributed by atoms with Crippen molar-refractivity contribution in [1.29, 1.82) is 0 Å². The third-order valence-corrected chi connectivity index (χ3v) is 4.39. The van der Waals surface area contributed by atoms with E-state index in [1.54, 1.807) is 14.2 Å². The molecule has 0 amide bonds. The summed E-state index contributed by atoms with van der Waals surface area (Å²) in [4.78, 5) is 0. The molecule has 3 rings (SSSR count). The third-order valence-electron chi connectivity index (χ3n) is 4.39. The molecule has 1 unspecified atom stereocenters. The number of hydrogen-bond acceptors (Lipinski definition) is 3. The highest BCUT2D eigenvalue weighted by Gasteiger charge is 2.28. The lowest BCUT2D eigenvalue weighted by atomic mass is 9.90. The van der Waals surface area contributed by atoms with E-state index in [0.717, 1.165) is 29.9 Å². The molecule has 2 aromatic rings. The summed E-state index contributed by atoms with van der Waals surface area (Å²) in [6, 6.07) is 14.4. The van der Waals surface area contributed by atoms with Gasteiger partial charge in [0.2, 0.25) is 0 Å². The Morgan fingerprint density at radius 3 is 2.24 bits per heavy atom. The Labute approximate surface area is 125 Å². The lowest BCUT2D eigenvalue weighted by molar-refractivity contribution is 0.376. The molecule has 3 heteroatoms. The maximum absolute atomic E-state index is 6.53. The van der Waals surface area contributed by atoms with Crippen molar-refractivity contribution in [3.05, 3.63) is 59.2 Å². The number of benzene rings is 2. The summed E-state index contributed by atoms with van der Waals surface area (Å²) in [5.74, 6) is 2.01. The topological polar surface area (TPSA) is 44.5 Å². The average molecular weight is 283 g/mol. The highest BCUT2D eigenvalue weighted by Crippen LogP contribution is 2.38. The number of fused-ring (bicyclic) bond motifs is 1. The van der Waals surface area contributed by atoms with E-state index in [2.05, 4.69) is 24.3 Å². The van der Waals surface area contributed by atoms with Crippen molar-refractivity contribution < 1.29 is 9.47 Å². The first-order valence-electron chi connectivity index (χ1n) is 7.27. The van der Waals surface area contributed by atoms with Gasteiger partial charge in [-0.2, -0.15) is 0 Å². The molecule has 2 N–H and O–H groups in total. The van der Waals surface area contributed by atoms with Crippen molar-refractivity contribution in [1.82, 2.24) is 0 Å². The zero-order valence-electron chi connectivity index (χ0n) is 12.5. The largest absolute Gasteiger partial charge is 0.497 e. The smallest absolute Gasteiger partial charge is 0.127 e. The van der Waals surface area contributed by atoms with Gasteiger partial charge in [0.15, 0.2) is 0 Å². The van der Waals surface area contributed by atoms with Gasteiger partial charge in [-0.1, -0.05) is 30.3 Å². The van der Waals surface area contributed by atoms with E-state index in [1.807, 2.05) is 18.2 Å². The van der Waals surface area contributed by atoms with Crippen LogP contribution in [0.5, 0.6) is 11.5 Å². The molecule has 1 aliphatic rings. The first-order valence-corrected chi connectivity index (χ1v) is 7.27. The highest BCUT2D eigenvalue weighted by molar-refractivity contribution is 5.44. The van der Waals surface area contributed by atoms with Crippen molar-refractivity contribution in [3.63, 3.8) is 0 Å². The van der Waals surface area contributed by atoms with Crippen LogP contribution in [0.1, 0.15) is 22.7 Å². The van der Waals surface area contributed by atoms with Crippen LogP contribution in [0.25, 0.3) is 0 Å². The number of hydrogen-bond donors (Lipinski definition) is 1. The standard InChI is InChI=1S/C18H21NO2/c1-20-15-7-8-16(17(11-15)21-2)18(19)14-9-12-5-3-4-6-13(12)10-14/h3-8,11,14,18H,9-10,19H2,1-2H3. The normalized spacial score (nSPS) is 15.6. The second-order valence-corrected chi connectivity index (χ2v) is 5.57. The summed E-state index contributed by atoms with van der Waals surface area (Å²) in [6.07, 6.45) is 2.07. The summed E-state index contributed by atoms with van der Waals surface area (Å²) in [6.45, 7) is 0. The van der Waals surface area contributed by atoms with Crippen molar-refractivity contribution in [2.24, 2.45) is 11.7 Å². The fourth-order valence-corrected chi connectivity index (χ4v) is 3.19. The van der Waals surface area contributed by atoms with Crippen LogP contribution < -0.4 is 15.2 Å². The molecule has 2 aromatic carbocycles. The molecule has 1 atom stereocenters. The van der Waals surface area contributed by atoms with Crippen molar-refractivity contribution in [2.45, 2.75) is 18.9 Å². The monoisotopic (exact) mass is 283 g/mol. The molecule has 0 aromatic heterocycles. The first kappa shape index (κ1) is 14.0. The minimum atomic E-state index is -0.0294. The molecule has 0 fully saturated rings. The number of methoxy groups -OCH3 is 2. The van der Waals surface area contributed by atoms with E-state index >= 15 is 0 Å². The summed E-state index contributed by atoms with van der Waals surface area (Å²) >= 11 is 0. The molecule has 0 heterocycles. The lowest BCUT2D eigenvalue weighted by Gasteiger charge is -2.22. The van der Waals surface area contributed by atoms with Crippen LogP contribution >= 0.6 is 0 Å². The van der Waals surface area contributed by atoms with Crippen LogP contribution in [0.2, 0.25) is 0 Å². The Hall–Kier alpha value is -2.00. The van der Waals surface area contributed by atoms with E-state index < -0.39 is 0 Å². The fourth-order valence-electron chi connectivity index (χ4n) is 3.19. The Bertz CT molecular complexity index is 614. The van der Waals surface area contributed by atoms with E-state index in [-0.39, 0.29) is 6.04 Å². The fraction of sp³-hybridized carbons (Fsp3) is 0.333. The molecule has 0 spiro atoms. The molecule has 0 radical (unpaired) electrons. The highest BCUT2D eigenvalue weighted by atomic mass is 16.5. The first-order chi connectivity index (χ1) is 10.2. The SMILES string of the molecule is COc1ccc(C(N)C2Cc3ccccc3C2)c(OC)c1. The Balaban J connectivity index is 1.85. The minimum Gasteiger partial charge on any atom is -0.497 e. The van der Waals surface area contributed by atoms with E-state index in [1.165, 1.54) is 11.1 Å². The maximum atomic E-state index is 6.53. The molecule has 110 valence electrons. The number of ether oxygens (including phenoxy) is 2. The quantitative estimate of drug-likeness (QED) is 0.937. The van der Waals surface area contributed by atoms with Gasteiger partial charge in [0, 0.05) is 17.7 Å². The molecule has 0 saturated heterocycles. The number of rotatable bonds is 4. The third kappa shape index (κ3) is 2.61. The van der Waals surface area contributed by atoms with Gasteiger partial charge in [0.1, 0.15) is 11.5 Å². The molecular weight excluding hydrogens is 262 g/mol.